The third-order valence-corrected chi connectivity index (χ3v) is 4.02. The van der Waals surface area contributed by atoms with Gasteiger partial charge in [-0.15, -0.1) is 0 Å². The lowest BCUT2D eigenvalue weighted by Crippen LogP contribution is -2.39. The molecule has 2 rings (SSSR count). The quantitative estimate of drug-likeness (QED) is 0.921. The van der Waals surface area contributed by atoms with Gasteiger partial charge in [0.05, 0.1) is 0 Å². The lowest BCUT2D eigenvalue weighted by atomic mass is 10.0. The summed E-state index contributed by atoms with van der Waals surface area (Å²) in [7, 11) is 0. The van der Waals surface area contributed by atoms with Crippen LogP contribution in [0.2, 0.25) is 0 Å². The summed E-state index contributed by atoms with van der Waals surface area (Å²) in [5.74, 6) is 0.879. The second-order valence-electron chi connectivity index (χ2n) is 7.45. The molecule has 1 aliphatic heterocycles. The number of rotatable bonds is 3. The van der Waals surface area contributed by atoms with Gasteiger partial charge in [-0.2, -0.15) is 0 Å². The average molecular weight is 276 g/mol. The Balaban J connectivity index is 2.14. The van der Waals surface area contributed by atoms with Gasteiger partial charge in [0, 0.05) is 41.6 Å². The zero-order valence-electron chi connectivity index (χ0n) is 13.7. The van der Waals surface area contributed by atoms with E-state index in [9.17, 15) is 0 Å². The van der Waals surface area contributed by atoms with E-state index in [2.05, 4.69) is 56.7 Å². The summed E-state index contributed by atoms with van der Waals surface area (Å²) in [4.78, 5) is 11.7. The number of anilines is 1. The van der Waals surface area contributed by atoms with Crippen LogP contribution in [0.3, 0.4) is 0 Å². The maximum atomic E-state index is 4.73. The molecule has 0 aromatic carbocycles. The molecule has 0 aliphatic carbocycles. The molecule has 2 heterocycles. The Hall–Kier alpha value is -1.16. The number of hydrogen-bond donors (Lipinski definition) is 1. The molecule has 112 valence electrons. The Morgan fingerprint density at radius 2 is 2.05 bits per heavy atom. The minimum Gasteiger partial charge on any atom is -0.336 e. The fourth-order valence-electron chi connectivity index (χ4n) is 2.62. The van der Waals surface area contributed by atoms with Gasteiger partial charge in [0.15, 0.2) is 0 Å². The molecule has 4 nitrogen and oxygen atoms in total. The highest BCUT2D eigenvalue weighted by atomic mass is 15.3. The van der Waals surface area contributed by atoms with Crippen molar-refractivity contribution in [2.75, 3.05) is 11.4 Å². The van der Waals surface area contributed by atoms with Gasteiger partial charge in [0.2, 0.25) is 5.95 Å². The maximum absolute atomic E-state index is 4.73. The van der Waals surface area contributed by atoms with Gasteiger partial charge in [-0.1, -0.05) is 0 Å². The molecule has 1 saturated heterocycles. The highest BCUT2D eigenvalue weighted by molar-refractivity contribution is 5.38. The second kappa shape index (κ2) is 5.32. The largest absolute Gasteiger partial charge is 0.336 e. The van der Waals surface area contributed by atoms with Gasteiger partial charge in [-0.3, -0.25) is 0 Å². The van der Waals surface area contributed by atoms with Crippen LogP contribution in [0.25, 0.3) is 0 Å². The molecular weight excluding hydrogens is 248 g/mol. The molecule has 1 fully saturated rings. The SMILES string of the molecule is Cc1nc(N2CCCC2(C)C)ncc1CNC(C)(C)C. The number of aromatic nitrogens is 2. The molecule has 4 heteroatoms. The zero-order chi connectivity index (χ0) is 15.0. The van der Waals surface area contributed by atoms with Gasteiger partial charge in [-0.25, -0.2) is 9.97 Å². The predicted molar refractivity (Wildman–Crippen MR) is 84.0 cm³/mol. The summed E-state index contributed by atoms with van der Waals surface area (Å²) in [5, 5.41) is 3.49. The molecule has 0 atom stereocenters. The van der Waals surface area contributed by atoms with E-state index in [4.69, 9.17) is 4.98 Å². The molecule has 0 bridgehead atoms. The summed E-state index contributed by atoms with van der Waals surface area (Å²) in [6.45, 7) is 15.0. The topological polar surface area (TPSA) is 41.1 Å². The van der Waals surface area contributed by atoms with Gasteiger partial charge in [-0.05, 0) is 54.4 Å². The molecular formula is C16H28N4. The third-order valence-electron chi connectivity index (χ3n) is 4.02. The van der Waals surface area contributed by atoms with Crippen molar-refractivity contribution in [3.63, 3.8) is 0 Å². The first kappa shape index (κ1) is 15.2. The first-order chi connectivity index (χ1) is 9.19. The van der Waals surface area contributed by atoms with E-state index < -0.39 is 0 Å². The highest BCUT2D eigenvalue weighted by Crippen LogP contribution is 2.31. The van der Waals surface area contributed by atoms with Crippen molar-refractivity contribution in [2.45, 2.75) is 72.0 Å². The van der Waals surface area contributed by atoms with Crippen LogP contribution in [0, 0.1) is 6.92 Å². The lowest BCUT2D eigenvalue weighted by molar-refractivity contribution is 0.423. The third kappa shape index (κ3) is 3.48. The van der Waals surface area contributed by atoms with Gasteiger partial charge < -0.3 is 10.2 Å². The van der Waals surface area contributed by atoms with Crippen LogP contribution in [-0.2, 0) is 6.54 Å². The van der Waals surface area contributed by atoms with Crippen LogP contribution < -0.4 is 10.2 Å². The first-order valence-corrected chi connectivity index (χ1v) is 7.54. The average Bonchev–Trinajstić information content (AvgIpc) is 2.66. The highest BCUT2D eigenvalue weighted by Gasteiger charge is 2.33. The van der Waals surface area contributed by atoms with Crippen molar-refractivity contribution in [1.82, 2.24) is 15.3 Å². The molecule has 0 saturated carbocycles. The van der Waals surface area contributed by atoms with Gasteiger partial charge in [0.25, 0.3) is 0 Å². The number of nitrogens with one attached hydrogen (secondary N) is 1. The van der Waals surface area contributed by atoms with E-state index in [1.165, 1.54) is 18.4 Å². The van der Waals surface area contributed by atoms with E-state index in [-0.39, 0.29) is 11.1 Å². The molecule has 1 aromatic heterocycles. The summed E-state index contributed by atoms with van der Waals surface area (Å²) < 4.78 is 0. The standard InChI is InChI=1S/C16H28N4/c1-12-13(11-18-15(2,3)4)10-17-14(19-12)20-9-7-8-16(20,5)6/h10,18H,7-9,11H2,1-6H3. The Morgan fingerprint density at radius 1 is 1.35 bits per heavy atom. The minimum absolute atomic E-state index is 0.113. The van der Waals surface area contributed by atoms with E-state index >= 15 is 0 Å². The fourth-order valence-corrected chi connectivity index (χ4v) is 2.62. The first-order valence-electron chi connectivity index (χ1n) is 7.54. The Labute approximate surface area is 123 Å². The van der Waals surface area contributed by atoms with E-state index in [0.29, 0.717) is 0 Å². The van der Waals surface area contributed by atoms with Crippen LogP contribution >= 0.6 is 0 Å². The number of aryl methyl sites for hydroxylation is 1. The van der Waals surface area contributed by atoms with Crippen LogP contribution in [0.5, 0.6) is 0 Å². The molecule has 0 unspecified atom stereocenters. The summed E-state index contributed by atoms with van der Waals surface area (Å²) in [6.07, 6.45) is 4.41. The van der Waals surface area contributed by atoms with Crippen molar-refractivity contribution in [3.8, 4) is 0 Å². The molecule has 1 aliphatic rings. The Bertz CT molecular complexity index is 474. The molecule has 20 heavy (non-hydrogen) atoms. The molecule has 0 radical (unpaired) electrons. The molecule has 1 aromatic rings. The number of hydrogen-bond acceptors (Lipinski definition) is 4. The Morgan fingerprint density at radius 3 is 2.55 bits per heavy atom. The monoisotopic (exact) mass is 276 g/mol. The van der Waals surface area contributed by atoms with Crippen molar-refractivity contribution < 1.29 is 0 Å². The summed E-state index contributed by atoms with van der Waals surface area (Å²) in [5.41, 5.74) is 2.55. The van der Waals surface area contributed by atoms with Crippen LogP contribution in [0.4, 0.5) is 5.95 Å². The van der Waals surface area contributed by atoms with Crippen molar-refractivity contribution in [1.29, 1.82) is 0 Å². The van der Waals surface area contributed by atoms with Crippen LogP contribution in [-0.4, -0.2) is 27.6 Å². The second-order valence-corrected chi connectivity index (χ2v) is 7.45. The molecule has 1 N–H and O–H groups in total. The van der Waals surface area contributed by atoms with Crippen molar-refractivity contribution in [3.05, 3.63) is 17.5 Å². The van der Waals surface area contributed by atoms with Crippen LogP contribution in [0.1, 0.15) is 58.7 Å². The number of nitrogens with zero attached hydrogens (tertiary/aromatic N) is 3. The summed E-state index contributed by atoms with van der Waals surface area (Å²) >= 11 is 0. The maximum Gasteiger partial charge on any atom is 0.225 e. The smallest absolute Gasteiger partial charge is 0.225 e. The Kier molecular flexibility index (Phi) is 4.05. The zero-order valence-corrected chi connectivity index (χ0v) is 13.7. The van der Waals surface area contributed by atoms with Gasteiger partial charge >= 0.3 is 0 Å². The van der Waals surface area contributed by atoms with E-state index in [0.717, 1.165) is 24.7 Å². The normalized spacial score (nSPS) is 18.6. The van der Waals surface area contributed by atoms with E-state index in [1.807, 2.05) is 6.20 Å². The van der Waals surface area contributed by atoms with Crippen molar-refractivity contribution >= 4 is 5.95 Å². The molecule has 0 amide bonds. The van der Waals surface area contributed by atoms with Gasteiger partial charge in [0.1, 0.15) is 0 Å². The fraction of sp³-hybridized carbons (Fsp3) is 0.750. The predicted octanol–water partition coefficient (Wildman–Crippen LogP) is 3.05. The summed E-state index contributed by atoms with van der Waals surface area (Å²) in [6, 6.07) is 0. The van der Waals surface area contributed by atoms with Crippen molar-refractivity contribution in [2.24, 2.45) is 0 Å². The molecule has 0 spiro atoms. The minimum atomic E-state index is 0.113. The lowest BCUT2D eigenvalue weighted by Gasteiger charge is -2.32. The van der Waals surface area contributed by atoms with Crippen LogP contribution in [0.15, 0.2) is 6.20 Å². The van der Waals surface area contributed by atoms with E-state index in [1.54, 1.807) is 0 Å².